The predicted octanol–water partition coefficient (Wildman–Crippen LogP) is 4.35. The number of carbonyl (C=O) groups excluding carboxylic acids is 3. The number of aromatic nitrogens is 1. The monoisotopic (exact) mass is 648 g/mol. The Balaban J connectivity index is 1.24. The lowest BCUT2D eigenvalue weighted by Crippen LogP contribution is -2.53. The van der Waals surface area contributed by atoms with Gasteiger partial charge in [-0.05, 0) is 49.2 Å². The van der Waals surface area contributed by atoms with Crippen LogP contribution >= 0.6 is 22.9 Å². The molecule has 13 heteroatoms. The summed E-state index contributed by atoms with van der Waals surface area (Å²) in [6.07, 6.45) is 1.72. The van der Waals surface area contributed by atoms with E-state index in [4.69, 9.17) is 26.1 Å². The van der Waals surface area contributed by atoms with Gasteiger partial charge in [0.25, 0.3) is 6.47 Å². The maximum Gasteiger partial charge on any atom is 0.338 e. The first-order valence-corrected chi connectivity index (χ1v) is 15.8. The summed E-state index contributed by atoms with van der Waals surface area (Å²) in [7, 11) is 1.37. The summed E-state index contributed by atoms with van der Waals surface area (Å²) >= 11 is 7.63. The van der Waals surface area contributed by atoms with Gasteiger partial charge in [0.05, 0.1) is 18.7 Å². The summed E-state index contributed by atoms with van der Waals surface area (Å²) in [6, 6.07) is 14.1. The predicted molar refractivity (Wildman–Crippen MR) is 171 cm³/mol. The van der Waals surface area contributed by atoms with Crippen LogP contribution in [-0.4, -0.2) is 85.0 Å². The SMILES string of the molecule is COC(=O)C1=C(CN2CCN3C(=O)N(c4ccc(C(C)(C)OC=O)cc4)C[C@@H]3C2)NC(c2nccs2)=N[C@H]1c1ccc(Cl)cc1. The van der Waals surface area contributed by atoms with Crippen LogP contribution in [0.2, 0.25) is 5.02 Å². The topological polar surface area (TPSA) is 117 Å². The van der Waals surface area contributed by atoms with Gasteiger partial charge in [0.2, 0.25) is 0 Å². The number of methoxy groups -OCH3 is 1. The van der Waals surface area contributed by atoms with Crippen molar-refractivity contribution in [2.45, 2.75) is 31.5 Å². The Hall–Kier alpha value is -4.26. The van der Waals surface area contributed by atoms with E-state index in [1.54, 1.807) is 23.2 Å². The molecule has 45 heavy (non-hydrogen) atoms. The van der Waals surface area contributed by atoms with Crippen LogP contribution in [0.25, 0.3) is 0 Å². The summed E-state index contributed by atoms with van der Waals surface area (Å²) in [5, 5.41) is 6.58. The Bertz CT molecular complexity index is 1640. The van der Waals surface area contributed by atoms with Crippen LogP contribution in [0.1, 0.15) is 36.0 Å². The van der Waals surface area contributed by atoms with E-state index in [2.05, 4.69) is 15.2 Å². The van der Waals surface area contributed by atoms with Gasteiger partial charge in [-0.15, -0.1) is 11.3 Å². The van der Waals surface area contributed by atoms with E-state index in [0.29, 0.717) is 66.3 Å². The minimum absolute atomic E-state index is 0.0364. The molecule has 11 nitrogen and oxygen atoms in total. The summed E-state index contributed by atoms with van der Waals surface area (Å²) in [5.74, 6) is 0.115. The van der Waals surface area contributed by atoms with Crippen LogP contribution in [0.3, 0.4) is 0 Å². The molecule has 2 atom stereocenters. The molecule has 0 radical (unpaired) electrons. The van der Waals surface area contributed by atoms with Gasteiger partial charge in [-0.2, -0.15) is 0 Å². The molecule has 0 spiro atoms. The first-order chi connectivity index (χ1) is 21.7. The molecule has 1 aromatic heterocycles. The standard InChI is InChI=1S/C32H33ClN6O5S/c1-32(2,44-19-40)21-6-10-23(11-7-21)39-17-24-16-37(13-14-38(24)31(39)42)18-25-26(30(41)43-3)27(20-4-8-22(33)9-5-20)36-28(35-25)29-34-12-15-45-29/h4-12,15,19,24,27H,13-14,16-18H2,1-3H3,(H,35,36)/t24-,27-/m0/s1. The summed E-state index contributed by atoms with van der Waals surface area (Å²) in [4.78, 5) is 52.9. The third-order valence-electron chi connectivity index (χ3n) is 8.39. The highest BCUT2D eigenvalue weighted by molar-refractivity contribution is 7.11. The zero-order valence-electron chi connectivity index (χ0n) is 25.1. The first-order valence-electron chi connectivity index (χ1n) is 14.5. The van der Waals surface area contributed by atoms with Gasteiger partial charge in [-0.1, -0.05) is 35.9 Å². The highest BCUT2D eigenvalue weighted by Crippen LogP contribution is 2.35. The molecule has 0 bridgehead atoms. The van der Waals surface area contributed by atoms with Crippen LogP contribution in [-0.2, 0) is 24.7 Å². The lowest BCUT2D eigenvalue weighted by molar-refractivity contribution is -0.141. The maximum atomic E-state index is 13.4. The van der Waals surface area contributed by atoms with Crippen molar-refractivity contribution >= 4 is 52.9 Å². The molecule has 2 fully saturated rings. The number of fused-ring (bicyclic) bond motifs is 1. The number of urea groups is 1. The van der Waals surface area contributed by atoms with E-state index in [1.165, 1.54) is 18.4 Å². The summed E-state index contributed by atoms with van der Waals surface area (Å²) < 4.78 is 10.5. The number of thiazole rings is 1. The first kappa shape index (κ1) is 30.8. The minimum atomic E-state index is -0.769. The Morgan fingerprint density at radius 2 is 1.89 bits per heavy atom. The van der Waals surface area contributed by atoms with Crippen LogP contribution in [0, 0.1) is 0 Å². The number of aliphatic imine (C=N–C) groups is 1. The number of ether oxygens (including phenoxy) is 2. The average molecular weight is 649 g/mol. The number of hydrogen-bond donors (Lipinski definition) is 1. The fourth-order valence-electron chi connectivity index (χ4n) is 5.99. The maximum absolute atomic E-state index is 13.4. The van der Waals surface area contributed by atoms with E-state index < -0.39 is 17.6 Å². The molecule has 2 amide bonds. The molecule has 2 saturated heterocycles. The number of hydrogen-bond acceptors (Lipinski definition) is 10. The zero-order valence-corrected chi connectivity index (χ0v) is 26.7. The third kappa shape index (κ3) is 6.18. The highest BCUT2D eigenvalue weighted by atomic mass is 35.5. The molecule has 2 aromatic carbocycles. The van der Waals surface area contributed by atoms with Gasteiger partial charge in [-0.3, -0.25) is 19.6 Å². The Labute approximate surface area is 270 Å². The fraction of sp³-hybridized carbons (Fsp3) is 0.344. The van der Waals surface area contributed by atoms with Crippen molar-refractivity contribution in [3.05, 3.63) is 92.5 Å². The van der Waals surface area contributed by atoms with E-state index in [9.17, 15) is 14.4 Å². The van der Waals surface area contributed by atoms with E-state index in [1.807, 2.05) is 60.5 Å². The average Bonchev–Trinajstić information content (AvgIpc) is 3.69. The van der Waals surface area contributed by atoms with Gasteiger partial charge < -0.3 is 19.7 Å². The Kier molecular flexibility index (Phi) is 8.63. The van der Waals surface area contributed by atoms with E-state index in [-0.39, 0.29) is 12.1 Å². The van der Waals surface area contributed by atoms with Crippen LogP contribution in [0.5, 0.6) is 0 Å². The second-order valence-electron chi connectivity index (χ2n) is 11.5. The van der Waals surface area contributed by atoms with Crippen molar-refractivity contribution in [3.63, 3.8) is 0 Å². The van der Waals surface area contributed by atoms with Crippen LogP contribution < -0.4 is 10.2 Å². The fourth-order valence-corrected chi connectivity index (χ4v) is 6.71. The molecule has 0 unspecified atom stereocenters. The molecule has 3 aromatic rings. The van der Waals surface area contributed by atoms with Crippen molar-refractivity contribution < 1.29 is 23.9 Å². The second-order valence-corrected chi connectivity index (χ2v) is 12.9. The molecule has 4 heterocycles. The second kappa shape index (κ2) is 12.6. The molecule has 6 rings (SSSR count). The number of anilines is 1. The van der Waals surface area contributed by atoms with Gasteiger partial charge in [0.1, 0.15) is 11.6 Å². The number of carbonyl (C=O) groups is 3. The lowest BCUT2D eigenvalue weighted by Gasteiger charge is -2.38. The van der Waals surface area contributed by atoms with Crippen molar-refractivity contribution in [3.8, 4) is 0 Å². The van der Waals surface area contributed by atoms with Crippen molar-refractivity contribution in [1.29, 1.82) is 0 Å². The van der Waals surface area contributed by atoms with Crippen LogP contribution in [0.15, 0.2) is 76.4 Å². The number of amides is 2. The minimum Gasteiger partial charge on any atom is -0.466 e. The zero-order chi connectivity index (χ0) is 31.7. The quantitative estimate of drug-likeness (QED) is 0.269. The molecular formula is C32H33ClN6O5S. The molecular weight excluding hydrogens is 616 g/mol. The molecule has 234 valence electrons. The number of halogens is 1. The molecule has 0 saturated carbocycles. The van der Waals surface area contributed by atoms with Gasteiger partial charge in [0, 0.05) is 60.7 Å². The number of rotatable bonds is 9. The smallest absolute Gasteiger partial charge is 0.338 e. The Morgan fingerprint density at radius 1 is 1.13 bits per heavy atom. The summed E-state index contributed by atoms with van der Waals surface area (Å²) in [6.45, 7) is 6.83. The van der Waals surface area contributed by atoms with E-state index >= 15 is 0 Å². The lowest BCUT2D eigenvalue weighted by atomic mass is 9.95. The van der Waals surface area contributed by atoms with Crippen molar-refractivity contribution in [1.82, 2.24) is 20.1 Å². The van der Waals surface area contributed by atoms with E-state index in [0.717, 1.165) is 16.8 Å². The van der Waals surface area contributed by atoms with Crippen molar-refractivity contribution in [2.75, 3.05) is 44.7 Å². The van der Waals surface area contributed by atoms with Gasteiger partial charge in [0.15, 0.2) is 10.8 Å². The van der Waals surface area contributed by atoms with Gasteiger partial charge >= 0.3 is 12.0 Å². The van der Waals surface area contributed by atoms with Crippen molar-refractivity contribution in [2.24, 2.45) is 4.99 Å². The number of benzene rings is 2. The molecule has 3 aliphatic rings. The number of nitrogens with one attached hydrogen (secondary N) is 1. The largest absolute Gasteiger partial charge is 0.466 e. The third-order valence-corrected chi connectivity index (χ3v) is 9.42. The number of amidine groups is 1. The Morgan fingerprint density at radius 3 is 2.56 bits per heavy atom. The number of esters is 1. The number of nitrogens with zero attached hydrogens (tertiary/aromatic N) is 5. The number of piperazine rings is 1. The normalized spacial score (nSPS) is 20.4. The molecule has 1 N–H and O–H groups in total. The summed E-state index contributed by atoms with van der Waals surface area (Å²) in [5.41, 5.74) is 2.77. The van der Waals surface area contributed by atoms with Crippen LogP contribution in [0.4, 0.5) is 10.5 Å². The molecule has 0 aliphatic carbocycles. The highest BCUT2D eigenvalue weighted by Gasteiger charge is 2.42. The van der Waals surface area contributed by atoms with Gasteiger partial charge in [-0.25, -0.2) is 14.6 Å². The molecule has 3 aliphatic heterocycles.